The van der Waals surface area contributed by atoms with E-state index in [0.717, 1.165) is 23.1 Å². The Morgan fingerprint density at radius 3 is 2.88 bits per heavy atom. The first-order valence-electron chi connectivity index (χ1n) is 5.31. The molecule has 2 aromatic rings. The van der Waals surface area contributed by atoms with Crippen molar-refractivity contribution in [1.29, 1.82) is 0 Å². The van der Waals surface area contributed by atoms with E-state index in [2.05, 4.69) is 45.3 Å². The molecule has 0 aliphatic carbocycles. The number of nitrogens with one attached hydrogen (secondary N) is 1. The van der Waals surface area contributed by atoms with E-state index in [1.165, 1.54) is 9.75 Å². The fourth-order valence-electron chi connectivity index (χ4n) is 1.44. The molecule has 0 atom stereocenters. The van der Waals surface area contributed by atoms with E-state index < -0.39 is 0 Å². The Morgan fingerprint density at radius 2 is 2.18 bits per heavy atom. The number of halogens is 2. The fraction of sp³-hybridized carbons (Fsp3) is 0.250. The van der Waals surface area contributed by atoms with Gasteiger partial charge in [0.1, 0.15) is 0 Å². The van der Waals surface area contributed by atoms with Gasteiger partial charge in [-0.15, -0.1) is 11.3 Å². The van der Waals surface area contributed by atoms with Crippen LogP contribution in [0.15, 0.2) is 28.9 Å². The van der Waals surface area contributed by atoms with Crippen LogP contribution in [0, 0.1) is 0 Å². The maximum absolute atomic E-state index is 6.00. The SMILES string of the molecule is CCc1ccc(CNc2cc(Br)cnc2Cl)s1. The second kappa shape index (κ2) is 5.85. The highest BCUT2D eigenvalue weighted by Crippen LogP contribution is 2.24. The lowest BCUT2D eigenvalue weighted by Gasteiger charge is -2.06. The van der Waals surface area contributed by atoms with Gasteiger partial charge in [0, 0.05) is 27.0 Å². The molecular weight excluding hydrogens is 320 g/mol. The maximum Gasteiger partial charge on any atom is 0.152 e. The Hall–Kier alpha value is -0.580. The molecule has 0 radical (unpaired) electrons. The number of hydrogen-bond donors (Lipinski definition) is 1. The van der Waals surface area contributed by atoms with Crippen LogP contribution in [-0.2, 0) is 13.0 Å². The van der Waals surface area contributed by atoms with Crippen molar-refractivity contribution < 1.29 is 0 Å². The molecule has 1 N–H and O–H groups in total. The van der Waals surface area contributed by atoms with Crippen molar-refractivity contribution in [3.05, 3.63) is 43.8 Å². The third-order valence-electron chi connectivity index (χ3n) is 2.32. The summed E-state index contributed by atoms with van der Waals surface area (Å²) >= 11 is 11.2. The largest absolute Gasteiger partial charge is 0.378 e. The number of thiophene rings is 1. The zero-order chi connectivity index (χ0) is 12.3. The first kappa shape index (κ1) is 12.9. The summed E-state index contributed by atoms with van der Waals surface area (Å²) in [6.45, 7) is 2.95. The topological polar surface area (TPSA) is 24.9 Å². The molecule has 0 spiro atoms. The second-order valence-corrected chi connectivity index (χ2v) is 6.09. The van der Waals surface area contributed by atoms with Crippen LogP contribution in [0.25, 0.3) is 0 Å². The summed E-state index contributed by atoms with van der Waals surface area (Å²) in [7, 11) is 0. The Morgan fingerprint density at radius 1 is 1.41 bits per heavy atom. The molecule has 2 heterocycles. The summed E-state index contributed by atoms with van der Waals surface area (Å²) in [6.07, 6.45) is 2.78. The van der Waals surface area contributed by atoms with Crippen molar-refractivity contribution in [2.75, 3.05) is 5.32 Å². The minimum Gasteiger partial charge on any atom is -0.378 e. The lowest BCUT2D eigenvalue weighted by atomic mass is 10.3. The molecule has 90 valence electrons. The Bertz CT molecular complexity index is 513. The highest BCUT2D eigenvalue weighted by Gasteiger charge is 2.03. The van der Waals surface area contributed by atoms with Gasteiger partial charge < -0.3 is 5.32 Å². The maximum atomic E-state index is 6.00. The summed E-state index contributed by atoms with van der Waals surface area (Å²) in [6, 6.07) is 6.25. The molecule has 0 aromatic carbocycles. The minimum atomic E-state index is 0.500. The number of anilines is 1. The van der Waals surface area contributed by atoms with E-state index in [1.54, 1.807) is 6.20 Å². The summed E-state index contributed by atoms with van der Waals surface area (Å²) in [5.41, 5.74) is 0.854. The number of aryl methyl sites for hydroxylation is 1. The lowest BCUT2D eigenvalue weighted by Crippen LogP contribution is -1.98. The summed E-state index contributed by atoms with van der Waals surface area (Å²) in [4.78, 5) is 6.78. The molecule has 0 aliphatic rings. The summed E-state index contributed by atoms with van der Waals surface area (Å²) < 4.78 is 0.921. The van der Waals surface area contributed by atoms with E-state index in [-0.39, 0.29) is 0 Å². The van der Waals surface area contributed by atoms with Gasteiger partial charge in [-0.3, -0.25) is 0 Å². The van der Waals surface area contributed by atoms with E-state index in [1.807, 2.05) is 17.4 Å². The quantitative estimate of drug-likeness (QED) is 0.819. The van der Waals surface area contributed by atoms with Crippen molar-refractivity contribution in [3.8, 4) is 0 Å². The predicted octanol–water partition coefficient (Wildman–Crippen LogP) is 4.73. The van der Waals surface area contributed by atoms with Crippen LogP contribution < -0.4 is 5.32 Å². The molecule has 0 saturated carbocycles. The smallest absolute Gasteiger partial charge is 0.152 e. The van der Waals surface area contributed by atoms with Gasteiger partial charge in [0.05, 0.1) is 5.69 Å². The molecular formula is C12H12BrClN2S. The average Bonchev–Trinajstić information content (AvgIpc) is 2.78. The van der Waals surface area contributed by atoms with Gasteiger partial charge >= 0.3 is 0 Å². The summed E-state index contributed by atoms with van der Waals surface area (Å²) in [5.74, 6) is 0. The van der Waals surface area contributed by atoms with Crippen molar-refractivity contribution >= 4 is 44.6 Å². The van der Waals surface area contributed by atoms with E-state index in [0.29, 0.717) is 5.15 Å². The highest BCUT2D eigenvalue weighted by molar-refractivity contribution is 9.10. The van der Waals surface area contributed by atoms with Gasteiger partial charge in [-0.1, -0.05) is 18.5 Å². The van der Waals surface area contributed by atoms with E-state index >= 15 is 0 Å². The molecule has 0 bridgehead atoms. The van der Waals surface area contributed by atoms with Gasteiger partial charge in [0.2, 0.25) is 0 Å². The number of hydrogen-bond acceptors (Lipinski definition) is 3. The van der Waals surface area contributed by atoms with Crippen molar-refractivity contribution in [2.24, 2.45) is 0 Å². The van der Waals surface area contributed by atoms with Gasteiger partial charge in [0.25, 0.3) is 0 Å². The van der Waals surface area contributed by atoms with Crippen molar-refractivity contribution in [2.45, 2.75) is 19.9 Å². The zero-order valence-corrected chi connectivity index (χ0v) is 12.5. The Balaban J connectivity index is 2.04. The molecule has 2 aromatic heterocycles. The molecule has 2 rings (SSSR count). The number of pyridine rings is 1. The van der Waals surface area contributed by atoms with Gasteiger partial charge in [-0.05, 0) is 40.5 Å². The van der Waals surface area contributed by atoms with Gasteiger partial charge in [-0.25, -0.2) is 4.98 Å². The molecule has 5 heteroatoms. The number of rotatable bonds is 4. The average molecular weight is 332 g/mol. The molecule has 17 heavy (non-hydrogen) atoms. The van der Waals surface area contributed by atoms with Crippen LogP contribution in [0.5, 0.6) is 0 Å². The molecule has 0 fully saturated rings. The molecule has 0 unspecified atom stereocenters. The molecule has 0 amide bonds. The zero-order valence-electron chi connectivity index (χ0n) is 9.34. The van der Waals surface area contributed by atoms with Gasteiger partial charge in [0.15, 0.2) is 5.15 Å². The normalized spacial score (nSPS) is 10.5. The van der Waals surface area contributed by atoms with E-state index in [9.17, 15) is 0 Å². The number of aromatic nitrogens is 1. The number of nitrogens with zero attached hydrogens (tertiary/aromatic N) is 1. The predicted molar refractivity (Wildman–Crippen MR) is 78.0 cm³/mol. The minimum absolute atomic E-state index is 0.500. The molecule has 2 nitrogen and oxygen atoms in total. The van der Waals surface area contributed by atoms with Crippen LogP contribution in [0.1, 0.15) is 16.7 Å². The Kier molecular flexibility index (Phi) is 4.42. The van der Waals surface area contributed by atoms with Gasteiger partial charge in [-0.2, -0.15) is 0 Å². The second-order valence-electron chi connectivity index (χ2n) is 3.57. The third-order valence-corrected chi connectivity index (χ3v) is 4.29. The van der Waals surface area contributed by atoms with Crippen LogP contribution >= 0.6 is 38.9 Å². The standard InChI is InChI=1S/C12H12BrClN2S/c1-2-9-3-4-10(17-9)7-15-11-5-8(13)6-16-12(11)14/h3-6,15H,2,7H2,1H3. The molecule has 0 aliphatic heterocycles. The third kappa shape index (κ3) is 3.44. The van der Waals surface area contributed by atoms with Crippen LogP contribution in [-0.4, -0.2) is 4.98 Å². The molecule has 0 saturated heterocycles. The lowest BCUT2D eigenvalue weighted by molar-refractivity contribution is 1.17. The first-order chi connectivity index (χ1) is 8.19. The van der Waals surface area contributed by atoms with Crippen LogP contribution in [0.2, 0.25) is 5.15 Å². The summed E-state index contributed by atoms with van der Waals surface area (Å²) in [5, 5.41) is 3.79. The highest BCUT2D eigenvalue weighted by atomic mass is 79.9. The van der Waals surface area contributed by atoms with Crippen LogP contribution in [0.3, 0.4) is 0 Å². The van der Waals surface area contributed by atoms with Crippen molar-refractivity contribution in [3.63, 3.8) is 0 Å². The van der Waals surface area contributed by atoms with Crippen molar-refractivity contribution in [1.82, 2.24) is 4.98 Å². The Labute approximate surface area is 118 Å². The monoisotopic (exact) mass is 330 g/mol. The van der Waals surface area contributed by atoms with Crippen LogP contribution in [0.4, 0.5) is 5.69 Å². The first-order valence-corrected chi connectivity index (χ1v) is 7.30. The van der Waals surface area contributed by atoms with E-state index in [4.69, 9.17) is 11.6 Å². The fourth-order valence-corrected chi connectivity index (χ4v) is 2.84.